The van der Waals surface area contributed by atoms with Gasteiger partial charge in [-0.3, -0.25) is 4.98 Å². The van der Waals surface area contributed by atoms with Crippen LogP contribution in [0.4, 0.5) is 5.69 Å². The maximum absolute atomic E-state index is 5.48. The van der Waals surface area contributed by atoms with Gasteiger partial charge in [0.05, 0.1) is 0 Å². The summed E-state index contributed by atoms with van der Waals surface area (Å²) >= 11 is 0. The Bertz CT molecular complexity index is 222. The van der Waals surface area contributed by atoms with E-state index >= 15 is 0 Å². The lowest BCUT2D eigenvalue weighted by atomic mass is 9.95. The van der Waals surface area contributed by atoms with Gasteiger partial charge >= 0.3 is 0 Å². The van der Waals surface area contributed by atoms with E-state index in [1.54, 1.807) is 12.3 Å². The van der Waals surface area contributed by atoms with Crippen molar-refractivity contribution < 1.29 is 0 Å². The first kappa shape index (κ1) is 6.14. The molecule has 0 aromatic carbocycles. The average Bonchev–Trinajstić information content (AvgIpc) is 1.80. The summed E-state index contributed by atoms with van der Waals surface area (Å²) in [4.78, 5) is 3.93. The van der Waals surface area contributed by atoms with Crippen molar-refractivity contribution in [2.45, 2.75) is 6.92 Å². The molecule has 1 rings (SSSR count). The van der Waals surface area contributed by atoms with Gasteiger partial charge in [0.25, 0.3) is 0 Å². The van der Waals surface area contributed by atoms with E-state index in [2.05, 4.69) is 4.98 Å². The summed E-state index contributed by atoms with van der Waals surface area (Å²) in [7, 11) is 5.48. The van der Waals surface area contributed by atoms with Crippen LogP contribution in [-0.4, -0.2) is 12.8 Å². The molecule has 0 atom stereocenters. The van der Waals surface area contributed by atoms with E-state index in [1.807, 2.05) is 6.92 Å². The molecule has 3 heteroatoms. The molecule has 0 aliphatic rings. The molecular formula is C6H7BN2. The van der Waals surface area contributed by atoms with Crippen molar-refractivity contribution in [3.63, 3.8) is 0 Å². The molecule has 1 aromatic heterocycles. The molecule has 0 saturated heterocycles. The highest BCUT2D eigenvalue weighted by Crippen LogP contribution is 1.94. The van der Waals surface area contributed by atoms with E-state index in [9.17, 15) is 0 Å². The molecule has 2 radical (unpaired) electrons. The van der Waals surface area contributed by atoms with Crippen LogP contribution in [0.3, 0.4) is 0 Å². The minimum Gasteiger partial charge on any atom is -0.397 e. The number of nitrogens with zero attached hydrogens (tertiary/aromatic N) is 1. The Morgan fingerprint density at radius 2 is 2.33 bits per heavy atom. The van der Waals surface area contributed by atoms with Gasteiger partial charge in [-0.05, 0) is 13.0 Å². The fourth-order valence-electron chi connectivity index (χ4n) is 0.567. The normalized spacial score (nSPS) is 9.44. The van der Waals surface area contributed by atoms with Gasteiger partial charge in [0, 0.05) is 17.6 Å². The average molecular weight is 118 g/mol. The highest BCUT2D eigenvalue weighted by molar-refractivity contribution is 6.33. The second-order valence-electron chi connectivity index (χ2n) is 1.94. The van der Waals surface area contributed by atoms with E-state index in [4.69, 9.17) is 13.6 Å². The highest BCUT2D eigenvalue weighted by atomic mass is 14.7. The van der Waals surface area contributed by atoms with Crippen LogP contribution in [0.25, 0.3) is 0 Å². The zero-order valence-electron chi connectivity index (χ0n) is 5.26. The lowest BCUT2D eigenvalue weighted by molar-refractivity contribution is 1.23. The molecule has 0 spiro atoms. The summed E-state index contributed by atoms with van der Waals surface area (Å²) in [6.45, 7) is 1.84. The van der Waals surface area contributed by atoms with Gasteiger partial charge in [-0.2, -0.15) is 0 Å². The molecule has 0 bridgehead atoms. The Kier molecular flexibility index (Phi) is 1.43. The van der Waals surface area contributed by atoms with Crippen molar-refractivity contribution >= 4 is 19.0 Å². The Hall–Kier alpha value is -0.985. The van der Waals surface area contributed by atoms with Crippen molar-refractivity contribution in [2.24, 2.45) is 0 Å². The molecule has 0 aliphatic carbocycles. The van der Waals surface area contributed by atoms with Crippen molar-refractivity contribution in [3.8, 4) is 0 Å². The zero-order valence-corrected chi connectivity index (χ0v) is 5.26. The van der Waals surface area contributed by atoms with E-state index in [-0.39, 0.29) is 0 Å². The third-order valence-corrected chi connectivity index (χ3v) is 1.15. The number of pyridine rings is 1. The molecule has 0 saturated carbocycles. The minimum absolute atomic E-state index is 0.609. The van der Waals surface area contributed by atoms with Crippen LogP contribution in [0, 0.1) is 6.92 Å². The summed E-state index contributed by atoms with van der Waals surface area (Å²) < 4.78 is 0. The maximum Gasteiger partial charge on any atom is 0.116 e. The molecule has 0 amide bonds. The van der Waals surface area contributed by atoms with Crippen LogP contribution in [0.5, 0.6) is 0 Å². The maximum atomic E-state index is 5.48. The second-order valence-corrected chi connectivity index (χ2v) is 1.94. The molecule has 1 aromatic rings. The first-order chi connectivity index (χ1) is 4.20. The summed E-state index contributed by atoms with van der Waals surface area (Å²) in [5, 5.41) is 0. The number of nitrogens with two attached hydrogens (primary N) is 1. The van der Waals surface area contributed by atoms with Crippen molar-refractivity contribution in [1.29, 1.82) is 0 Å². The smallest absolute Gasteiger partial charge is 0.116 e. The number of hydrogen-bond donors (Lipinski definition) is 1. The zero-order chi connectivity index (χ0) is 6.85. The number of nitrogen functional groups attached to an aromatic ring is 1. The van der Waals surface area contributed by atoms with Crippen LogP contribution < -0.4 is 11.2 Å². The van der Waals surface area contributed by atoms with Crippen LogP contribution in [0.2, 0.25) is 0 Å². The van der Waals surface area contributed by atoms with Gasteiger partial charge in [0.1, 0.15) is 7.85 Å². The molecule has 0 unspecified atom stereocenters. The van der Waals surface area contributed by atoms with Gasteiger partial charge in [0.15, 0.2) is 0 Å². The molecule has 9 heavy (non-hydrogen) atoms. The van der Waals surface area contributed by atoms with Crippen LogP contribution in [0.1, 0.15) is 5.69 Å². The molecule has 2 nitrogen and oxygen atoms in total. The number of anilines is 1. The minimum atomic E-state index is 0.609. The van der Waals surface area contributed by atoms with Crippen molar-refractivity contribution in [2.75, 3.05) is 5.73 Å². The SMILES string of the molecule is [B]c1cc(N)cnc1C. The van der Waals surface area contributed by atoms with Gasteiger partial charge in [-0.25, -0.2) is 0 Å². The van der Waals surface area contributed by atoms with Crippen LogP contribution in [-0.2, 0) is 0 Å². The molecule has 0 aliphatic heterocycles. The molecule has 1 heterocycles. The Morgan fingerprint density at radius 1 is 1.67 bits per heavy atom. The van der Waals surface area contributed by atoms with E-state index in [1.165, 1.54) is 0 Å². The van der Waals surface area contributed by atoms with E-state index in [0.717, 1.165) is 5.69 Å². The number of aryl methyl sites for hydroxylation is 1. The number of aromatic nitrogens is 1. The third kappa shape index (κ3) is 1.22. The fourth-order valence-corrected chi connectivity index (χ4v) is 0.567. The van der Waals surface area contributed by atoms with E-state index < -0.39 is 0 Å². The van der Waals surface area contributed by atoms with Gasteiger partial charge in [-0.1, -0.05) is 5.46 Å². The fraction of sp³-hybridized carbons (Fsp3) is 0.167. The first-order valence-corrected chi connectivity index (χ1v) is 2.68. The Balaban J connectivity index is 3.17. The largest absolute Gasteiger partial charge is 0.397 e. The number of hydrogen-bond acceptors (Lipinski definition) is 2. The van der Waals surface area contributed by atoms with Crippen LogP contribution >= 0.6 is 0 Å². The summed E-state index contributed by atoms with van der Waals surface area (Å²) in [6.07, 6.45) is 1.59. The Labute approximate surface area is 55.5 Å². The van der Waals surface area contributed by atoms with Crippen molar-refractivity contribution in [1.82, 2.24) is 4.98 Å². The molecule has 44 valence electrons. The Morgan fingerprint density at radius 3 is 2.78 bits per heavy atom. The molecule has 2 N–H and O–H groups in total. The second kappa shape index (κ2) is 2.09. The quantitative estimate of drug-likeness (QED) is 0.477. The van der Waals surface area contributed by atoms with Gasteiger partial charge in [0.2, 0.25) is 0 Å². The van der Waals surface area contributed by atoms with Gasteiger partial charge < -0.3 is 5.73 Å². The first-order valence-electron chi connectivity index (χ1n) is 2.68. The molecular weight excluding hydrogens is 111 g/mol. The van der Waals surface area contributed by atoms with E-state index in [0.29, 0.717) is 11.2 Å². The lowest BCUT2D eigenvalue weighted by Gasteiger charge is -1.97. The lowest BCUT2D eigenvalue weighted by Crippen LogP contribution is -2.09. The summed E-state index contributed by atoms with van der Waals surface area (Å²) in [5.74, 6) is 0. The predicted octanol–water partition coefficient (Wildman–Crippen LogP) is -0.234. The number of rotatable bonds is 0. The van der Waals surface area contributed by atoms with Gasteiger partial charge in [-0.15, -0.1) is 0 Å². The highest BCUT2D eigenvalue weighted by Gasteiger charge is 1.90. The standard InChI is InChI=1S/C6H7BN2/c1-4-6(7)2-5(8)3-9-4/h2-3H,8H2,1H3. The topological polar surface area (TPSA) is 38.9 Å². The summed E-state index contributed by atoms with van der Waals surface area (Å²) in [6, 6.07) is 1.70. The van der Waals surface area contributed by atoms with Crippen LogP contribution in [0.15, 0.2) is 12.3 Å². The monoisotopic (exact) mass is 118 g/mol. The predicted molar refractivity (Wildman–Crippen MR) is 38.8 cm³/mol. The summed E-state index contributed by atoms with van der Waals surface area (Å²) in [5.41, 5.74) is 7.47. The third-order valence-electron chi connectivity index (χ3n) is 1.15. The van der Waals surface area contributed by atoms with Crippen molar-refractivity contribution in [3.05, 3.63) is 18.0 Å². The molecule has 0 fully saturated rings.